The lowest BCUT2D eigenvalue weighted by Crippen LogP contribution is -2.27. The molecule has 0 bridgehead atoms. The van der Waals surface area contributed by atoms with Crippen molar-refractivity contribution in [2.75, 3.05) is 4.31 Å². The summed E-state index contributed by atoms with van der Waals surface area (Å²) in [6.07, 6.45) is 1.11. The van der Waals surface area contributed by atoms with Gasteiger partial charge < -0.3 is 10.8 Å². The van der Waals surface area contributed by atoms with Gasteiger partial charge in [0.1, 0.15) is 5.82 Å². The summed E-state index contributed by atoms with van der Waals surface area (Å²) in [6.45, 7) is 0. The number of pyridine rings is 1. The van der Waals surface area contributed by atoms with E-state index in [1.165, 1.54) is 12.1 Å². The van der Waals surface area contributed by atoms with Gasteiger partial charge in [0, 0.05) is 6.20 Å². The highest BCUT2D eigenvalue weighted by molar-refractivity contribution is 7.82. The maximum absolute atomic E-state index is 10.6. The van der Waals surface area contributed by atoms with Crippen LogP contribution in [0.2, 0.25) is 0 Å². The molecule has 0 aliphatic heterocycles. The summed E-state index contributed by atoms with van der Waals surface area (Å²) >= 11 is 3.75. The van der Waals surface area contributed by atoms with Gasteiger partial charge in [-0.15, -0.1) is 0 Å². The third-order valence-corrected chi connectivity index (χ3v) is 1.82. The molecule has 0 saturated carbocycles. The van der Waals surface area contributed by atoms with E-state index in [0.29, 0.717) is 0 Å². The molecule has 0 aromatic carbocycles. The molecule has 74 valence electrons. The van der Waals surface area contributed by atoms with Crippen LogP contribution in [0.3, 0.4) is 0 Å². The standard InChI is InChI=1S/C7H7N3O3S/c8-7(13)10(14)5-2-1-4(3-9-5)6(11)12/h1-3,14H,(H2,8,13)(H,11,12). The first kappa shape index (κ1) is 10.3. The summed E-state index contributed by atoms with van der Waals surface area (Å²) < 4.78 is 0.811. The molecular formula is C7H7N3O3S. The smallest absolute Gasteiger partial charge is 0.337 e. The number of amides is 2. The molecule has 0 fully saturated rings. The number of aromatic carboxylic acids is 1. The molecule has 1 aromatic rings. The molecule has 0 aliphatic rings. The van der Waals surface area contributed by atoms with E-state index in [4.69, 9.17) is 10.8 Å². The normalized spacial score (nSPS) is 9.50. The number of carbonyl (C=O) groups is 2. The second-order valence-electron chi connectivity index (χ2n) is 2.36. The molecule has 1 aromatic heterocycles. The Morgan fingerprint density at radius 3 is 2.50 bits per heavy atom. The minimum Gasteiger partial charge on any atom is -0.478 e. The lowest BCUT2D eigenvalue weighted by molar-refractivity contribution is 0.0696. The predicted octanol–water partition coefficient (Wildman–Crippen LogP) is 0.510. The molecule has 2 amide bonds. The van der Waals surface area contributed by atoms with Crippen molar-refractivity contribution in [1.82, 2.24) is 4.98 Å². The molecular weight excluding hydrogens is 206 g/mol. The van der Waals surface area contributed by atoms with E-state index < -0.39 is 12.0 Å². The number of carboxylic acids is 1. The van der Waals surface area contributed by atoms with E-state index in [0.717, 1.165) is 10.5 Å². The van der Waals surface area contributed by atoms with Crippen molar-refractivity contribution in [1.29, 1.82) is 0 Å². The highest BCUT2D eigenvalue weighted by atomic mass is 32.1. The second kappa shape index (κ2) is 3.97. The predicted molar refractivity (Wildman–Crippen MR) is 52.2 cm³/mol. The Morgan fingerprint density at radius 2 is 2.14 bits per heavy atom. The molecule has 6 nitrogen and oxygen atoms in total. The third kappa shape index (κ3) is 2.13. The zero-order chi connectivity index (χ0) is 10.7. The number of primary amides is 1. The number of urea groups is 1. The topological polar surface area (TPSA) is 96.5 Å². The lowest BCUT2D eigenvalue weighted by atomic mass is 10.3. The van der Waals surface area contributed by atoms with Gasteiger partial charge in [-0.3, -0.25) is 0 Å². The number of hydrogen-bond acceptors (Lipinski definition) is 4. The molecule has 0 atom stereocenters. The van der Waals surface area contributed by atoms with Crippen LogP contribution < -0.4 is 10.0 Å². The van der Waals surface area contributed by atoms with Gasteiger partial charge in [-0.25, -0.2) is 18.9 Å². The number of thiol groups is 1. The summed E-state index contributed by atoms with van der Waals surface area (Å²) in [5.41, 5.74) is 4.95. The van der Waals surface area contributed by atoms with E-state index in [1.807, 2.05) is 0 Å². The number of carbonyl (C=O) groups excluding carboxylic acids is 1. The van der Waals surface area contributed by atoms with Gasteiger partial charge in [0.25, 0.3) is 0 Å². The molecule has 7 heteroatoms. The lowest BCUT2D eigenvalue weighted by Gasteiger charge is -2.10. The quantitative estimate of drug-likeness (QED) is 0.623. The van der Waals surface area contributed by atoms with Gasteiger partial charge >= 0.3 is 12.0 Å². The fraction of sp³-hybridized carbons (Fsp3) is 0. The molecule has 1 heterocycles. The van der Waals surface area contributed by atoms with E-state index in [-0.39, 0.29) is 11.4 Å². The van der Waals surface area contributed by atoms with E-state index in [1.54, 1.807) is 0 Å². The van der Waals surface area contributed by atoms with Crippen LogP contribution in [-0.2, 0) is 0 Å². The molecule has 0 aliphatic carbocycles. The first-order chi connectivity index (χ1) is 6.52. The Labute approximate surface area is 84.9 Å². The molecule has 0 radical (unpaired) electrons. The molecule has 3 N–H and O–H groups in total. The van der Waals surface area contributed by atoms with E-state index in [2.05, 4.69) is 17.8 Å². The van der Waals surface area contributed by atoms with Gasteiger partial charge in [0.15, 0.2) is 0 Å². The summed E-state index contributed by atoms with van der Waals surface area (Å²) in [5, 5.41) is 8.56. The highest BCUT2D eigenvalue weighted by Gasteiger charge is 2.10. The van der Waals surface area contributed by atoms with Crippen LogP contribution in [0.1, 0.15) is 10.4 Å². The fourth-order valence-electron chi connectivity index (χ4n) is 0.751. The van der Waals surface area contributed by atoms with Crippen LogP contribution in [0.15, 0.2) is 18.3 Å². The third-order valence-electron chi connectivity index (χ3n) is 1.42. The van der Waals surface area contributed by atoms with Crippen LogP contribution in [-0.4, -0.2) is 22.1 Å². The Hall–Kier alpha value is -1.76. The average Bonchev–Trinajstić information content (AvgIpc) is 2.16. The summed E-state index contributed by atoms with van der Waals surface area (Å²) in [4.78, 5) is 24.8. The Morgan fingerprint density at radius 1 is 1.50 bits per heavy atom. The van der Waals surface area contributed by atoms with Crippen molar-refractivity contribution in [3.05, 3.63) is 23.9 Å². The fourth-order valence-corrected chi connectivity index (χ4v) is 0.869. The molecule has 0 saturated heterocycles. The number of rotatable bonds is 2. The largest absolute Gasteiger partial charge is 0.478 e. The van der Waals surface area contributed by atoms with Crippen LogP contribution >= 0.6 is 12.8 Å². The Kier molecular flexibility index (Phi) is 2.92. The number of carboxylic acid groups (broad SMARTS) is 1. The number of nitrogens with two attached hydrogens (primary N) is 1. The number of hydrogen-bond donors (Lipinski definition) is 3. The first-order valence-electron chi connectivity index (χ1n) is 3.50. The summed E-state index contributed by atoms with van der Waals surface area (Å²) in [6, 6.07) is 1.85. The van der Waals surface area contributed by atoms with Crippen LogP contribution in [0.25, 0.3) is 0 Å². The van der Waals surface area contributed by atoms with Crippen molar-refractivity contribution in [2.45, 2.75) is 0 Å². The molecule has 14 heavy (non-hydrogen) atoms. The minimum absolute atomic E-state index is 0.0277. The SMILES string of the molecule is NC(=O)N(S)c1ccc(C(=O)O)cn1. The van der Waals surface area contributed by atoms with Crippen molar-refractivity contribution >= 4 is 30.6 Å². The van der Waals surface area contributed by atoms with Gasteiger partial charge in [-0.1, -0.05) is 12.8 Å². The van der Waals surface area contributed by atoms with E-state index >= 15 is 0 Å². The van der Waals surface area contributed by atoms with Crippen molar-refractivity contribution in [3.8, 4) is 0 Å². The first-order valence-corrected chi connectivity index (χ1v) is 3.90. The summed E-state index contributed by atoms with van der Waals surface area (Å²) in [7, 11) is 0. The average molecular weight is 213 g/mol. The molecule has 0 spiro atoms. The summed E-state index contributed by atoms with van der Waals surface area (Å²) in [5.74, 6) is -0.917. The van der Waals surface area contributed by atoms with Crippen molar-refractivity contribution in [2.24, 2.45) is 5.73 Å². The van der Waals surface area contributed by atoms with E-state index in [9.17, 15) is 9.59 Å². The molecule has 1 rings (SSSR count). The number of anilines is 1. The van der Waals surface area contributed by atoms with Gasteiger partial charge in [0.2, 0.25) is 0 Å². The van der Waals surface area contributed by atoms with Gasteiger partial charge in [-0.05, 0) is 12.1 Å². The van der Waals surface area contributed by atoms with Crippen LogP contribution in [0, 0.1) is 0 Å². The van der Waals surface area contributed by atoms with Gasteiger partial charge in [0.05, 0.1) is 5.56 Å². The van der Waals surface area contributed by atoms with Crippen LogP contribution in [0.4, 0.5) is 10.6 Å². The van der Waals surface area contributed by atoms with Crippen LogP contribution in [0.5, 0.6) is 0 Å². The monoisotopic (exact) mass is 213 g/mol. The maximum Gasteiger partial charge on any atom is 0.337 e. The number of aromatic nitrogens is 1. The minimum atomic E-state index is -1.09. The van der Waals surface area contributed by atoms with Gasteiger partial charge in [-0.2, -0.15) is 0 Å². The zero-order valence-electron chi connectivity index (χ0n) is 6.91. The number of nitrogens with zero attached hydrogens (tertiary/aromatic N) is 2. The maximum atomic E-state index is 10.6. The Balaban J connectivity index is 2.94. The zero-order valence-corrected chi connectivity index (χ0v) is 7.81. The highest BCUT2D eigenvalue weighted by Crippen LogP contribution is 2.12. The second-order valence-corrected chi connectivity index (χ2v) is 2.76. The Bertz CT molecular complexity index is 365. The molecule has 0 unspecified atom stereocenters. The van der Waals surface area contributed by atoms with Crippen molar-refractivity contribution < 1.29 is 14.7 Å². The van der Waals surface area contributed by atoms with Crippen molar-refractivity contribution in [3.63, 3.8) is 0 Å².